The Morgan fingerprint density at radius 2 is 2.26 bits per heavy atom. The molecule has 1 aliphatic heterocycles. The van der Waals surface area contributed by atoms with Gasteiger partial charge in [-0.3, -0.25) is 4.79 Å². The van der Waals surface area contributed by atoms with Crippen LogP contribution in [-0.2, 0) is 14.3 Å². The van der Waals surface area contributed by atoms with Crippen molar-refractivity contribution < 1.29 is 23.5 Å². The van der Waals surface area contributed by atoms with Gasteiger partial charge in [-0.2, -0.15) is 0 Å². The SMILES string of the molecule is CC[C@H]1CN(C(=O)CNc2ccc(F)c(C(=O)OC)c2)CCO1. The van der Waals surface area contributed by atoms with E-state index in [0.29, 0.717) is 25.4 Å². The van der Waals surface area contributed by atoms with Gasteiger partial charge in [-0.05, 0) is 24.6 Å². The van der Waals surface area contributed by atoms with E-state index < -0.39 is 11.8 Å². The van der Waals surface area contributed by atoms with Crippen molar-refractivity contribution in [1.29, 1.82) is 0 Å². The summed E-state index contributed by atoms with van der Waals surface area (Å²) >= 11 is 0. The summed E-state index contributed by atoms with van der Waals surface area (Å²) in [4.78, 5) is 25.4. The summed E-state index contributed by atoms with van der Waals surface area (Å²) in [7, 11) is 1.19. The van der Waals surface area contributed by atoms with Crippen molar-refractivity contribution in [2.75, 3.05) is 38.7 Å². The fourth-order valence-electron chi connectivity index (χ4n) is 2.38. The highest BCUT2D eigenvalue weighted by Crippen LogP contribution is 2.16. The second-order valence-electron chi connectivity index (χ2n) is 5.28. The summed E-state index contributed by atoms with van der Waals surface area (Å²) in [6, 6.07) is 3.98. The number of hydrogen-bond acceptors (Lipinski definition) is 5. The van der Waals surface area contributed by atoms with Crippen molar-refractivity contribution in [2.45, 2.75) is 19.4 Å². The van der Waals surface area contributed by atoms with Crippen molar-refractivity contribution in [1.82, 2.24) is 4.90 Å². The van der Waals surface area contributed by atoms with Crippen molar-refractivity contribution in [2.24, 2.45) is 0 Å². The number of anilines is 1. The number of amides is 1. The van der Waals surface area contributed by atoms with Crippen LogP contribution in [0.3, 0.4) is 0 Å². The third-order valence-electron chi connectivity index (χ3n) is 3.76. The highest BCUT2D eigenvalue weighted by molar-refractivity contribution is 5.91. The molecule has 1 aromatic rings. The molecule has 1 aliphatic rings. The van der Waals surface area contributed by atoms with E-state index in [4.69, 9.17) is 4.74 Å². The van der Waals surface area contributed by atoms with E-state index in [1.165, 1.54) is 25.3 Å². The molecule has 0 aromatic heterocycles. The maximum atomic E-state index is 13.6. The normalized spacial score (nSPS) is 17.7. The molecule has 1 fully saturated rings. The van der Waals surface area contributed by atoms with E-state index in [0.717, 1.165) is 6.42 Å². The van der Waals surface area contributed by atoms with Crippen LogP contribution in [-0.4, -0.2) is 56.2 Å². The quantitative estimate of drug-likeness (QED) is 0.835. The van der Waals surface area contributed by atoms with Gasteiger partial charge in [0, 0.05) is 18.8 Å². The first-order valence-electron chi connectivity index (χ1n) is 7.56. The van der Waals surface area contributed by atoms with Crippen molar-refractivity contribution in [3.63, 3.8) is 0 Å². The minimum atomic E-state index is -0.753. The highest BCUT2D eigenvalue weighted by Gasteiger charge is 2.22. The topological polar surface area (TPSA) is 67.9 Å². The molecule has 1 atom stereocenters. The van der Waals surface area contributed by atoms with E-state index in [2.05, 4.69) is 10.1 Å². The van der Waals surface area contributed by atoms with Crippen LogP contribution in [0, 0.1) is 5.82 Å². The van der Waals surface area contributed by atoms with E-state index >= 15 is 0 Å². The minimum Gasteiger partial charge on any atom is -0.465 e. The maximum Gasteiger partial charge on any atom is 0.340 e. The summed E-state index contributed by atoms with van der Waals surface area (Å²) < 4.78 is 23.6. The molecule has 1 N–H and O–H groups in total. The number of halogens is 1. The molecule has 0 unspecified atom stereocenters. The van der Waals surface area contributed by atoms with Crippen LogP contribution in [0.25, 0.3) is 0 Å². The molecule has 1 aromatic carbocycles. The Balaban J connectivity index is 1.95. The average Bonchev–Trinajstić information content (AvgIpc) is 2.60. The van der Waals surface area contributed by atoms with Crippen molar-refractivity contribution in [3.05, 3.63) is 29.6 Å². The Hall–Kier alpha value is -2.15. The third-order valence-corrected chi connectivity index (χ3v) is 3.76. The Morgan fingerprint density at radius 3 is 2.96 bits per heavy atom. The number of benzene rings is 1. The first-order valence-corrected chi connectivity index (χ1v) is 7.56. The number of carbonyl (C=O) groups excluding carboxylic acids is 2. The molecule has 7 heteroatoms. The molecule has 0 saturated carbocycles. The number of carbonyl (C=O) groups is 2. The van der Waals surface area contributed by atoms with Gasteiger partial charge in [0.1, 0.15) is 5.82 Å². The summed E-state index contributed by atoms with van der Waals surface area (Å²) in [5.41, 5.74) is 0.322. The average molecular weight is 324 g/mol. The monoisotopic (exact) mass is 324 g/mol. The number of nitrogens with one attached hydrogen (secondary N) is 1. The minimum absolute atomic E-state index is 0.0595. The van der Waals surface area contributed by atoms with Crippen LogP contribution < -0.4 is 5.32 Å². The molecular weight excluding hydrogens is 303 g/mol. The first kappa shape index (κ1) is 17.2. The van der Waals surface area contributed by atoms with Gasteiger partial charge in [-0.25, -0.2) is 9.18 Å². The molecule has 0 spiro atoms. The summed E-state index contributed by atoms with van der Waals surface area (Å²) in [5, 5.41) is 2.91. The number of rotatable bonds is 5. The molecule has 1 heterocycles. The van der Waals surface area contributed by atoms with Crippen molar-refractivity contribution >= 4 is 17.6 Å². The van der Waals surface area contributed by atoms with Gasteiger partial charge in [0.25, 0.3) is 0 Å². The molecular formula is C16H21FN2O4. The molecule has 1 saturated heterocycles. The van der Waals surface area contributed by atoms with Crippen LogP contribution >= 0.6 is 0 Å². The molecule has 0 aliphatic carbocycles. The smallest absolute Gasteiger partial charge is 0.340 e. The Labute approximate surface area is 134 Å². The van der Waals surface area contributed by atoms with Gasteiger partial charge in [0.15, 0.2) is 0 Å². The first-order chi connectivity index (χ1) is 11.0. The lowest BCUT2D eigenvalue weighted by molar-refractivity contribution is -0.136. The second-order valence-corrected chi connectivity index (χ2v) is 5.28. The number of ether oxygens (including phenoxy) is 2. The van der Waals surface area contributed by atoms with Gasteiger partial charge < -0.3 is 19.7 Å². The fraction of sp³-hybridized carbons (Fsp3) is 0.500. The van der Waals surface area contributed by atoms with Gasteiger partial charge in [-0.15, -0.1) is 0 Å². The molecule has 1 amide bonds. The number of methoxy groups -OCH3 is 1. The lowest BCUT2D eigenvalue weighted by Gasteiger charge is -2.32. The number of esters is 1. The van der Waals surface area contributed by atoms with Crippen LogP contribution in [0.5, 0.6) is 0 Å². The van der Waals surface area contributed by atoms with E-state index in [9.17, 15) is 14.0 Å². The largest absolute Gasteiger partial charge is 0.465 e. The lowest BCUT2D eigenvalue weighted by Crippen LogP contribution is -2.47. The summed E-state index contributed by atoms with van der Waals surface area (Å²) in [5.74, 6) is -1.47. The predicted octanol–water partition coefficient (Wildman–Crippen LogP) is 1.66. The zero-order valence-electron chi connectivity index (χ0n) is 13.3. The van der Waals surface area contributed by atoms with E-state index in [-0.39, 0.29) is 24.1 Å². The third kappa shape index (κ3) is 4.41. The maximum absolute atomic E-state index is 13.6. The van der Waals surface area contributed by atoms with Gasteiger partial charge >= 0.3 is 5.97 Å². The van der Waals surface area contributed by atoms with Crippen molar-refractivity contribution in [3.8, 4) is 0 Å². The van der Waals surface area contributed by atoms with E-state index in [1.54, 1.807) is 4.90 Å². The number of hydrogen-bond donors (Lipinski definition) is 1. The van der Waals surface area contributed by atoms with Crippen LogP contribution in [0.15, 0.2) is 18.2 Å². The zero-order valence-corrected chi connectivity index (χ0v) is 13.3. The fourth-order valence-corrected chi connectivity index (χ4v) is 2.38. The number of morpholine rings is 1. The van der Waals surface area contributed by atoms with Crippen LogP contribution in [0.4, 0.5) is 10.1 Å². The summed E-state index contributed by atoms with van der Waals surface area (Å²) in [6.07, 6.45) is 0.932. The predicted molar refractivity (Wildman–Crippen MR) is 82.8 cm³/mol. The molecule has 23 heavy (non-hydrogen) atoms. The van der Waals surface area contributed by atoms with Crippen LogP contribution in [0.2, 0.25) is 0 Å². The lowest BCUT2D eigenvalue weighted by atomic mass is 10.2. The Kier molecular flexibility index (Phi) is 5.92. The van der Waals surface area contributed by atoms with Gasteiger partial charge in [-0.1, -0.05) is 6.92 Å². The van der Waals surface area contributed by atoms with Gasteiger partial charge in [0.2, 0.25) is 5.91 Å². The van der Waals surface area contributed by atoms with E-state index in [1.807, 2.05) is 6.92 Å². The molecule has 2 rings (SSSR count). The van der Waals surface area contributed by atoms with Crippen LogP contribution in [0.1, 0.15) is 23.7 Å². The van der Waals surface area contributed by atoms with Gasteiger partial charge in [0.05, 0.1) is 31.9 Å². The Morgan fingerprint density at radius 1 is 1.48 bits per heavy atom. The Bertz CT molecular complexity index is 579. The molecule has 6 nitrogen and oxygen atoms in total. The second kappa shape index (κ2) is 7.92. The highest BCUT2D eigenvalue weighted by atomic mass is 19.1. The summed E-state index contributed by atoms with van der Waals surface area (Å²) in [6.45, 7) is 3.77. The molecule has 126 valence electrons. The zero-order chi connectivity index (χ0) is 16.8. The standard InChI is InChI=1S/C16H21FN2O4/c1-3-12-10-19(6-7-23-12)15(20)9-18-11-4-5-14(17)13(8-11)16(21)22-2/h4-5,8,12,18H,3,6-7,9-10H2,1-2H3/t12-/m0/s1. The molecule has 0 radical (unpaired) electrons. The molecule has 0 bridgehead atoms. The number of nitrogens with zero attached hydrogens (tertiary/aromatic N) is 1.